The zero-order valence-corrected chi connectivity index (χ0v) is 17.2. The standard InChI is InChI=1S/C20H17ClFN3O3S/c1-12(26)7-17-8-14(5-6-23-17)15-9-19(13(2)24-11-15)25-29(27,28)20-4-3-16(21)10-18(20)22/h3-6,8-11,25H,7H2,1-2H3. The van der Waals surface area contributed by atoms with Crippen LogP contribution in [0.1, 0.15) is 18.3 Å². The summed E-state index contributed by atoms with van der Waals surface area (Å²) in [6.07, 6.45) is 3.35. The lowest BCUT2D eigenvalue weighted by Gasteiger charge is -2.13. The molecule has 2 heterocycles. The molecule has 0 atom stereocenters. The van der Waals surface area contributed by atoms with Crippen LogP contribution in [0.3, 0.4) is 0 Å². The van der Waals surface area contributed by atoms with Gasteiger partial charge in [-0.25, -0.2) is 12.8 Å². The smallest absolute Gasteiger partial charge is 0.264 e. The van der Waals surface area contributed by atoms with Crippen molar-refractivity contribution in [3.05, 3.63) is 71.0 Å². The SMILES string of the molecule is CC(=O)Cc1cc(-c2cnc(C)c(NS(=O)(=O)c3ccc(Cl)cc3F)c2)ccn1. The molecule has 3 aromatic rings. The normalized spacial score (nSPS) is 11.3. The zero-order valence-electron chi connectivity index (χ0n) is 15.6. The van der Waals surface area contributed by atoms with Gasteiger partial charge in [-0.2, -0.15) is 0 Å². The van der Waals surface area contributed by atoms with Gasteiger partial charge in [0.15, 0.2) is 0 Å². The van der Waals surface area contributed by atoms with Crippen LogP contribution in [-0.2, 0) is 21.2 Å². The molecule has 0 fully saturated rings. The predicted octanol–water partition coefficient (Wildman–Crippen LogP) is 4.18. The molecule has 6 nitrogen and oxygen atoms in total. The average Bonchev–Trinajstić information content (AvgIpc) is 2.62. The fraction of sp³-hybridized carbons (Fsp3) is 0.150. The van der Waals surface area contributed by atoms with Gasteiger partial charge in [0.25, 0.3) is 10.0 Å². The van der Waals surface area contributed by atoms with E-state index < -0.39 is 20.7 Å². The van der Waals surface area contributed by atoms with Crippen molar-refractivity contribution in [2.75, 3.05) is 4.72 Å². The quantitative estimate of drug-likeness (QED) is 0.630. The summed E-state index contributed by atoms with van der Waals surface area (Å²) in [5.41, 5.74) is 2.58. The van der Waals surface area contributed by atoms with Gasteiger partial charge < -0.3 is 0 Å². The molecule has 2 aromatic heterocycles. The molecule has 0 aliphatic rings. The van der Waals surface area contributed by atoms with Crippen molar-refractivity contribution in [3.8, 4) is 11.1 Å². The summed E-state index contributed by atoms with van der Waals surface area (Å²) in [5, 5.41) is 0.0975. The Kier molecular flexibility index (Phi) is 5.95. The number of anilines is 1. The predicted molar refractivity (Wildman–Crippen MR) is 109 cm³/mol. The summed E-state index contributed by atoms with van der Waals surface area (Å²) in [4.78, 5) is 19.2. The fourth-order valence-corrected chi connectivity index (χ4v) is 4.02. The van der Waals surface area contributed by atoms with Gasteiger partial charge in [-0.05, 0) is 55.8 Å². The Morgan fingerprint density at radius 1 is 1.14 bits per heavy atom. The number of sulfonamides is 1. The number of rotatable bonds is 6. The van der Waals surface area contributed by atoms with Gasteiger partial charge in [0.1, 0.15) is 16.5 Å². The monoisotopic (exact) mass is 433 g/mol. The lowest BCUT2D eigenvalue weighted by molar-refractivity contribution is -0.116. The van der Waals surface area contributed by atoms with Crippen molar-refractivity contribution in [2.45, 2.75) is 25.2 Å². The molecule has 150 valence electrons. The van der Waals surface area contributed by atoms with Crippen LogP contribution < -0.4 is 4.72 Å². The van der Waals surface area contributed by atoms with E-state index in [1.54, 1.807) is 37.5 Å². The van der Waals surface area contributed by atoms with Crippen LogP contribution >= 0.6 is 11.6 Å². The highest BCUT2D eigenvalue weighted by molar-refractivity contribution is 7.92. The minimum atomic E-state index is -4.19. The number of hydrogen-bond donors (Lipinski definition) is 1. The van der Waals surface area contributed by atoms with Crippen LogP contribution in [-0.4, -0.2) is 24.2 Å². The Hall–Kier alpha value is -2.84. The second-order valence-electron chi connectivity index (χ2n) is 6.45. The van der Waals surface area contributed by atoms with Crippen molar-refractivity contribution in [1.82, 2.24) is 9.97 Å². The first-order valence-corrected chi connectivity index (χ1v) is 10.4. The first kappa shape index (κ1) is 20.9. The highest BCUT2D eigenvalue weighted by Crippen LogP contribution is 2.27. The first-order chi connectivity index (χ1) is 13.7. The Bertz CT molecular complexity index is 1200. The molecule has 0 aliphatic heterocycles. The van der Waals surface area contributed by atoms with Crippen LogP contribution in [0.15, 0.2) is 53.7 Å². The highest BCUT2D eigenvalue weighted by Gasteiger charge is 2.21. The van der Waals surface area contributed by atoms with Crippen LogP contribution in [0.25, 0.3) is 11.1 Å². The maximum absolute atomic E-state index is 14.1. The van der Waals surface area contributed by atoms with E-state index in [-0.39, 0.29) is 22.9 Å². The number of carbonyl (C=O) groups is 1. The molecule has 0 saturated heterocycles. The number of nitrogens with one attached hydrogen (secondary N) is 1. The number of hydrogen-bond acceptors (Lipinski definition) is 5. The maximum Gasteiger partial charge on any atom is 0.264 e. The third-order valence-electron chi connectivity index (χ3n) is 4.09. The maximum atomic E-state index is 14.1. The number of aryl methyl sites for hydroxylation is 1. The summed E-state index contributed by atoms with van der Waals surface area (Å²) >= 11 is 5.69. The van der Waals surface area contributed by atoms with Gasteiger partial charge in [0.05, 0.1) is 11.4 Å². The molecule has 29 heavy (non-hydrogen) atoms. The molecule has 3 rings (SSSR count). The molecule has 9 heteroatoms. The fourth-order valence-electron chi connectivity index (χ4n) is 2.70. The van der Waals surface area contributed by atoms with Crippen molar-refractivity contribution in [1.29, 1.82) is 0 Å². The summed E-state index contributed by atoms with van der Waals surface area (Å²) in [6, 6.07) is 8.40. The van der Waals surface area contributed by atoms with Gasteiger partial charge in [-0.1, -0.05) is 11.6 Å². The number of benzene rings is 1. The molecule has 1 aromatic carbocycles. The van der Waals surface area contributed by atoms with E-state index in [0.29, 0.717) is 17.0 Å². The van der Waals surface area contributed by atoms with Crippen molar-refractivity contribution in [3.63, 3.8) is 0 Å². The molecule has 0 saturated carbocycles. The van der Waals surface area contributed by atoms with Gasteiger partial charge in [-0.15, -0.1) is 0 Å². The van der Waals surface area contributed by atoms with Crippen LogP contribution in [0.5, 0.6) is 0 Å². The number of pyridine rings is 2. The molecule has 0 radical (unpaired) electrons. The van der Waals surface area contributed by atoms with Gasteiger partial charge in [-0.3, -0.25) is 19.5 Å². The highest BCUT2D eigenvalue weighted by atomic mass is 35.5. The molecule has 0 bridgehead atoms. The van der Waals surface area contributed by atoms with Crippen molar-refractivity contribution < 1.29 is 17.6 Å². The van der Waals surface area contributed by atoms with Gasteiger partial charge >= 0.3 is 0 Å². The van der Waals surface area contributed by atoms with E-state index in [1.165, 1.54) is 13.0 Å². The molecule has 0 spiro atoms. The van der Waals surface area contributed by atoms with Crippen molar-refractivity contribution >= 4 is 33.1 Å². The zero-order chi connectivity index (χ0) is 21.2. The Balaban J connectivity index is 1.97. The summed E-state index contributed by atoms with van der Waals surface area (Å²) in [7, 11) is -4.19. The number of aromatic nitrogens is 2. The first-order valence-electron chi connectivity index (χ1n) is 8.55. The molecular weight excluding hydrogens is 417 g/mol. The average molecular weight is 434 g/mol. The minimum Gasteiger partial charge on any atom is -0.300 e. The second kappa shape index (κ2) is 8.26. The Morgan fingerprint density at radius 2 is 1.90 bits per heavy atom. The minimum absolute atomic E-state index is 0.0184. The number of ketones is 1. The number of halogens is 2. The molecule has 1 N–H and O–H groups in total. The Labute approximate surface area is 172 Å². The van der Waals surface area contributed by atoms with Crippen LogP contribution in [0, 0.1) is 12.7 Å². The molecule has 0 unspecified atom stereocenters. The van der Waals surface area contributed by atoms with Gasteiger partial charge in [0.2, 0.25) is 0 Å². The third kappa shape index (κ3) is 4.96. The third-order valence-corrected chi connectivity index (χ3v) is 5.73. The van der Waals surface area contributed by atoms with Crippen LogP contribution in [0.4, 0.5) is 10.1 Å². The lowest BCUT2D eigenvalue weighted by Crippen LogP contribution is -2.15. The molecule has 0 amide bonds. The molecule has 0 aliphatic carbocycles. The second-order valence-corrected chi connectivity index (χ2v) is 8.54. The Morgan fingerprint density at radius 3 is 2.59 bits per heavy atom. The van der Waals surface area contributed by atoms with E-state index in [0.717, 1.165) is 17.7 Å². The number of carbonyl (C=O) groups excluding carboxylic acids is 1. The molecular formula is C20H17ClFN3O3S. The summed E-state index contributed by atoms with van der Waals surface area (Å²) in [6.45, 7) is 3.11. The van der Waals surface area contributed by atoms with E-state index in [4.69, 9.17) is 11.6 Å². The lowest BCUT2D eigenvalue weighted by atomic mass is 10.1. The summed E-state index contributed by atoms with van der Waals surface area (Å²) in [5.74, 6) is -0.968. The van der Waals surface area contributed by atoms with E-state index in [1.807, 2.05) is 0 Å². The van der Waals surface area contributed by atoms with E-state index >= 15 is 0 Å². The largest absolute Gasteiger partial charge is 0.300 e. The van der Waals surface area contributed by atoms with Crippen molar-refractivity contribution in [2.24, 2.45) is 0 Å². The number of Topliss-reactive ketones (excluding diaryl/α,β-unsaturated/α-hetero) is 1. The topological polar surface area (TPSA) is 89.0 Å². The summed E-state index contributed by atoms with van der Waals surface area (Å²) < 4.78 is 41.7. The van der Waals surface area contributed by atoms with E-state index in [9.17, 15) is 17.6 Å². The van der Waals surface area contributed by atoms with Gasteiger partial charge in [0, 0.05) is 35.1 Å². The van der Waals surface area contributed by atoms with E-state index in [2.05, 4.69) is 14.7 Å². The van der Waals surface area contributed by atoms with Crippen LogP contribution in [0.2, 0.25) is 5.02 Å². The number of nitrogens with zero attached hydrogens (tertiary/aromatic N) is 2.